The first-order chi connectivity index (χ1) is 13.5. The van der Waals surface area contributed by atoms with Crippen molar-refractivity contribution in [3.05, 3.63) is 76.7 Å². The molecule has 1 heteroatoms. The molecular formula is C28H35Si. The summed E-state index contributed by atoms with van der Waals surface area (Å²) in [5.41, 5.74) is 12.2. The smallest absolute Gasteiger partial charge is 0.0655 e. The third-order valence-corrected chi connectivity index (χ3v) is 8.26. The van der Waals surface area contributed by atoms with Gasteiger partial charge >= 0.3 is 0 Å². The van der Waals surface area contributed by atoms with Crippen molar-refractivity contribution in [3.63, 3.8) is 0 Å². The van der Waals surface area contributed by atoms with Gasteiger partial charge in [-0.1, -0.05) is 108 Å². The van der Waals surface area contributed by atoms with Gasteiger partial charge in [0.15, 0.2) is 0 Å². The van der Waals surface area contributed by atoms with Crippen LogP contribution in [0.5, 0.6) is 0 Å². The Morgan fingerprint density at radius 2 is 1.48 bits per heavy atom. The molecule has 0 aromatic heterocycles. The molecule has 2 aromatic carbocycles. The van der Waals surface area contributed by atoms with Gasteiger partial charge in [0.25, 0.3) is 0 Å². The second kappa shape index (κ2) is 6.84. The summed E-state index contributed by atoms with van der Waals surface area (Å²) in [6, 6.07) is 13.7. The highest BCUT2D eigenvalue weighted by atomic mass is 28.3. The molecule has 151 valence electrons. The highest BCUT2D eigenvalue weighted by Gasteiger charge is 2.34. The monoisotopic (exact) mass is 399 g/mol. The number of fused-ring (bicyclic) bond motifs is 3. The van der Waals surface area contributed by atoms with E-state index in [4.69, 9.17) is 0 Å². The zero-order valence-electron chi connectivity index (χ0n) is 19.4. The second-order valence-corrected chi connectivity index (χ2v) is 14.0. The number of hydrogen-bond acceptors (Lipinski definition) is 0. The molecule has 0 atom stereocenters. The molecule has 2 aromatic rings. The second-order valence-electron chi connectivity index (χ2n) is 11.1. The van der Waals surface area contributed by atoms with Crippen molar-refractivity contribution in [2.75, 3.05) is 0 Å². The van der Waals surface area contributed by atoms with Crippen LogP contribution in [0, 0.1) is 17.3 Å². The molecule has 0 aliphatic heterocycles. The number of hydrogen-bond donors (Lipinski definition) is 0. The minimum atomic E-state index is -0.977. The molecule has 2 aliphatic rings. The topological polar surface area (TPSA) is 0 Å². The van der Waals surface area contributed by atoms with Crippen LogP contribution < -0.4 is 5.19 Å². The van der Waals surface area contributed by atoms with Gasteiger partial charge in [-0.05, 0) is 56.2 Å². The Hall–Kier alpha value is -1.86. The molecule has 0 saturated carbocycles. The minimum Gasteiger partial charge on any atom is -0.0682 e. The molecule has 0 spiro atoms. The first kappa shape index (κ1) is 20.4. The molecule has 0 unspecified atom stereocenters. The van der Waals surface area contributed by atoms with Gasteiger partial charge in [0.05, 0.1) is 8.80 Å². The molecule has 0 heterocycles. The fourth-order valence-corrected chi connectivity index (χ4v) is 6.22. The van der Waals surface area contributed by atoms with Crippen molar-refractivity contribution in [2.24, 2.45) is 10.8 Å². The van der Waals surface area contributed by atoms with Crippen LogP contribution in [0.1, 0.15) is 64.7 Å². The molecule has 2 aliphatic carbocycles. The molecule has 1 radical (unpaired) electrons. The van der Waals surface area contributed by atoms with Crippen LogP contribution in [0.25, 0.3) is 16.7 Å². The van der Waals surface area contributed by atoms with Gasteiger partial charge in [-0.2, -0.15) is 0 Å². The van der Waals surface area contributed by atoms with E-state index in [0.29, 0.717) is 0 Å². The maximum absolute atomic E-state index is 2.53. The summed E-state index contributed by atoms with van der Waals surface area (Å²) in [7, 11) is -0.977. The Balaban J connectivity index is 1.97. The fraction of sp³-hybridized carbons (Fsp3) is 0.393. The quantitative estimate of drug-likeness (QED) is 0.402. The van der Waals surface area contributed by atoms with Gasteiger partial charge in [-0.15, -0.1) is 0 Å². The SMILES string of the molecule is C[SiH](C)c1ccc2c(c1C1=C(C(C)(C)C)C=C(C(C)(C)C)C1)[CH]c1ccccc1-2. The molecule has 0 saturated heterocycles. The molecule has 0 amide bonds. The summed E-state index contributed by atoms with van der Waals surface area (Å²) in [6.45, 7) is 19.1. The van der Waals surface area contributed by atoms with Gasteiger partial charge in [-0.3, -0.25) is 0 Å². The first-order valence-electron chi connectivity index (χ1n) is 11.0. The van der Waals surface area contributed by atoms with E-state index in [-0.39, 0.29) is 10.8 Å². The Kier molecular flexibility index (Phi) is 4.81. The molecule has 0 nitrogen and oxygen atoms in total. The van der Waals surface area contributed by atoms with E-state index in [1.54, 1.807) is 21.9 Å². The van der Waals surface area contributed by atoms with Crippen molar-refractivity contribution < 1.29 is 0 Å². The summed E-state index contributed by atoms with van der Waals surface area (Å²) in [4.78, 5) is 0. The molecule has 0 fully saturated rings. The maximum Gasteiger partial charge on any atom is 0.0655 e. The van der Waals surface area contributed by atoms with E-state index < -0.39 is 8.80 Å². The van der Waals surface area contributed by atoms with Crippen LogP contribution in [0.15, 0.2) is 53.6 Å². The van der Waals surface area contributed by atoms with Crippen molar-refractivity contribution in [1.82, 2.24) is 0 Å². The fourth-order valence-electron chi connectivity index (χ4n) is 4.83. The third kappa shape index (κ3) is 3.48. The van der Waals surface area contributed by atoms with Crippen LogP contribution in [0.4, 0.5) is 0 Å². The summed E-state index contributed by atoms with van der Waals surface area (Å²) < 4.78 is 0. The summed E-state index contributed by atoms with van der Waals surface area (Å²) >= 11 is 0. The van der Waals surface area contributed by atoms with Crippen molar-refractivity contribution in [3.8, 4) is 11.1 Å². The summed E-state index contributed by atoms with van der Waals surface area (Å²) in [6.07, 6.45) is 6.07. The van der Waals surface area contributed by atoms with Crippen molar-refractivity contribution >= 4 is 19.6 Å². The molecule has 29 heavy (non-hydrogen) atoms. The van der Waals surface area contributed by atoms with Crippen LogP contribution in [-0.2, 0) is 0 Å². The lowest BCUT2D eigenvalue weighted by Gasteiger charge is -2.26. The zero-order chi connectivity index (χ0) is 21.1. The van der Waals surface area contributed by atoms with E-state index in [2.05, 4.69) is 104 Å². The lowest BCUT2D eigenvalue weighted by molar-refractivity contribution is 0.494. The molecular weight excluding hydrogens is 364 g/mol. The van der Waals surface area contributed by atoms with Crippen LogP contribution in [0.3, 0.4) is 0 Å². The van der Waals surface area contributed by atoms with Crippen LogP contribution in [0.2, 0.25) is 13.1 Å². The van der Waals surface area contributed by atoms with E-state index in [9.17, 15) is 0 Å². The highest BCUT2D eigenvalue weighted by Crippen LogP contribution is 2.49. The van der Waals surface area contributed by atoms with Crippen LogP contribution in [-0.4, -0.2) is 8.80 Å². The van der Waals surface area contributed by atoms with E-state index in [1.165, 1.54) is 27.8 Å². The van der Waals surface area contributed by atoms with E-state index >= 15 is 0 Å². The van der Waals surface area contributed by atoms with Crippen molar-refractivity contribution in [1.29, 1.82) is 0 Å². The Bertz CT molecular complexity index is 1030. The highest BCUT2D eigenvalue weighted by molar-refractivity contribution is 6.71. The lowest BCUT2D eigenvalue weighted by atomic mass is 9.81. The first-order valence-corrected chi connectivity index (χ1v) is 13.9. The molecule has 0 bridgehead atoms. The lowest BCUT2D eigenvalue weighted by Crippen LogP contribution is -2.28. The summed E-state index contributed by atoms with van der Waals surface area (Å²) in [5, 5.41) is 1.62. The Labute approximate surface area is 179 Å². The zero-order valence-corrected chi connectivity index (χ0v) is 20.6. The van der Waals surface area contributed by atoms with Crippen molar-refractivity contribution in [2.45, 2.75) is 61.1 Å². The van der Waals surface area contributed by atoms with Gasteiger partial charge in [-0.25, -0.2) is 0 Å². The molecule has 4 rings (SSSR count). The molecule has 0 N–H and O–H groups in total. The number of rotatable bonds is 2. The van der Waals surface area contributed by atoms with E-state index in [0.717, 1.165) is 6.42 Å². The maximum atomic E-state index is 2.53. The van der Waals surface area contributed by atoms with Gasteiger partial charge in [0, 0.05) is 6.42 Å². The average molecular weight is 400 g/mol. The standard InChI is InChI=1S/C28H35Si/c1-27(2,3)19-16-23(24(17-19)28(4,5)6)26-22-15-18-11-9-10-12-20(18)21(22)13-14-25(26)29(7)8/h9-15,17,29H,16H2,1-8H3. The predicted molar refractivity (Wildman–Crippen MR) is 131 cm³/mol. The number of allylic oxidation sites excluding steroid dienone is 4. The summed E-state index contributed by atoms with van der Waals surface area (Å²) in [5.74, 6) is 0. The van der Waals surface area contributed by atoms with Gasteiger partial charge in [0.1, 0.15) is 0 Å². The largest absolute Gasteiger partial charge is 0.0682 e. The third-order valence-electron chi connectivity index (χ3n) is 6.53. The van der Waals surface area contributed by atoms with Gasteiger partial charge < -0.3 is 0 Å². The Morgan fingerprint density at radius 3 is 2.10 bits per heavy atom. The predicted octanol–water partition coefficient (Wildman–Crippen LogP) is 7.14. The Morgan fingerprint density at radius 1 is 0.793 bits per heavy atom. The normalized spacial score (nSPS) is 16.4. The average Bonchev–Trinajstić information content (AvgIpc) is 3.22. The minimum absolute atomic E-state index is 0.145. The van der Waals surface area contributed by atoms with Gasteiger partial charge in [0.2, 0.25) is 0 Å². The number of benzene rings is 2. The van der Waals surface area contributed by atoms with Crippen LogP contribution >= 0.6 is 0 Å². The van der Waals surface area contributed by atoms with E-state index in [1.807, 2.05) is 0 Å².